The maximum Gasteiger partial charge on any atom is 0.254 e. The summed E-state index contributed by atoms with van der Waals surface area (Å²) >= 11 is 0. The molecule has 20 heavy (non-hydrogen) atoms. The molecule has 1 aromatic heterocycles. The van der Waals surface area contributed by atoms with Crippen LogP contribution in [0.1, 0.15) is 27.3 Å². The zero-order valence-electron chi connectivity index (χ0n) is 12.1. The standard InChI is InChI=1S/C16H19N3O/c1-11-7-8-13(9-15(11)17)16(20)19(3)10-14-6-4-5-12(2)18-14/h4-9H,10,17H2,1-3H3. The molecule has 0 bridgehead atoms. The third-order valence-corrected chi connectivity index (χ3v) is 3.22. The minimum Gasteiger partial charge on any atom is -0.398 e. The van der Waals surface area contributed by atoms with Crippen LogP contribution in [0.2, 0.25) is 0 Å². The first kappa shape index (κ1) is 14.1. The van der Waals surface area contributed by atoms with Crippen LogP contribution in [0, 0.1) is 13.8 Å². The van der Waals surface area contributed by atoms with E-state index < -0.39 is 0 Å². The second kappa shape index (κ2) is 5.74. The molecule has 0 saturated carbocycles. The van der Waals surface area contributed by atoms with Crippen LogP contribution in [-0.4, -0.2) is 22.8 Å². The molecule has 2 aromatic rings. The van der Waals surface area contributed by atoms with Crippen molar-refractivity contribution in [3.05, 3.63) is 58.9 Å². The second-order valence-electron chi connectivity index (χ2n) is 5.00. The van der Waals surface area contributed by atoms with Gasteiger partial charge in [-0.05, 0) is 43.7 Å². The average molecular weight is 269 g/mol. The normalized spacial score (nSPS) is 10.3. The first-order chi connectivity index (χ1) is 9.47. The molecule has 0 spiro atoms. The summed E-state index contributed by atoms with van der Waals surface area (Å²) in [6.45, 7) is 4.34. The van der Waals surface area contributed by atoms with Crippen LogP contribution in [0.15, 0.2) is 36.4 Å². The van der Waals surface area contributed by atoms with Crippen LogP contribution in [0.25, 0.3) is 0 Å². The molecule has 4 nitrogen and oxygen atoms in total. The number of anilines is 1. The third-order valence-electron chi connectivity index (χ3n) is 3.22. The smallest absolute Gasteiger partial charge is 0.254 e. The van der Waals surface area contributed by atoms with Crippen molar-refractivity contribution in [2.75, 3.05) is 12.8 Å². The summed E-state index contributed by atoms with van der Waals surface area (Å²) in [4.78, 5) is 18.4. The van der Waals surface area contributed by atoms with Gasteiger partial charge in [-0.25, -0.2) is 0 Å². The zero-order valence-corrected chi connectivity index (χ0v) is 12.1. The van der Waals surface area contributed by atoms with E-state index in [-0.39, 0.29) is 5.91 Å². The quantitative estimate of drug-likeness (QED) is 0.871. The summed E-state index contributed by atoms with van der Waals surface area (Å²) in [5.41, 5.74) is 9.88. The fourth-order valence-electron chi connectivity index (χ4n) is 2.00. The number of aromatic nitrogens is 1. The first-order valence-corrected chi connectivity index (χ1v) is 6.51. The van der Waals surface area contributed by atoms with Crippen LogP contribution in [-0.2, 0) is 6.54 Å². The Kier molecular flexibility index (Phi) is 4.03. The number of nitrogens with zero attached hydrogens (tertiary/aromatic N) is 2. The second-order valence-corrected chi connectivity index (χ2v) is 5.00. The number of aryl methyl sites for hydroxylation is 2. The summed E-state index contributed by atoms with van der Waals surface area (Å²) < 4.78 is 0. The molecule has 2 rings (SSSR count). The van der Waals surface area contributed by atoms with Gasteiger partial charge >= 0.3 is 0 Å². The van der Waals surface area contributed by atoms with Crippen molar-refractivity contribution in [3.8, 4) is 0 Å². The number of carbonyl (C=O) groups excluding carboxylic acids is 1. The van der Waals surface area contributed by atoms with Gasteiger partial charge in [-0.3, -0.25) is 9.78 Å². The van der Waals surface area contributed by atoms with Crippen LogP contribution in [0.3, 0.4) is 0 Å². The van der Waals surface area contributed by atoms with Gasteiger partial charge in [0.1, 0.15) is 0 Å². The zero-order chi connectivity index (χ0) is 14.7. The van der Waals surface area contributed by atoms with Gasteiger partial charge in [0.25, 0.3) is 5.91 Å². The summed E-state index contributed by atoms with van der Waals surface area (Å²) in [5, 5.41) is 0. The minimum atomic E-state index is -0.0555. The van der Waals surface area contributed by atoms with E-state index in [4.69, 9.17) is 5.73 Å². The van der Waals surface area contributed by atoms with E-state index in [0.29, 0.717) is 17.8 Å². The fourth-order valence-corrected chi connectivity index (χ4v) is 2.00. The van der Waals surface area contributed by atoms with Crippen molar-refractivity contribution < 1.29 is 4.79 Å². The van der Waals surface area contributed by atoms with Gasteiger partial charge in [-0.2, -0.15) is 0 Å². The molecule has 0 saturated heterocycles. The molecule has 0 unspecified atom stereocenters. The lowest BCUT2D eigenvalue weighted by Gasteiger charge is -2.17. The predicted octanol–water partition coefficient (Wildman–Crippen LogP) is 2.55. The highest BCUT2D eigenvalue weighted by molar-refractivity contribution is 5.95. The van der Waals surface area contributed by atoms with Crippen molar-refractivity contribution in [2.45, 2.75) is 20.4 Å². The van der Waals surface area contributed by atoms with Crippen molar-refractivity contribution in [3.63, 3.8) is 0 Å². The Morgan fingerprint density at radius 2 is 2.00 bits per heavy atom. The molecule has 1 aromatic carbocycles. The van der Waals surface area contributed by atoms with E-state index in [0.717, 1.165) is 17.0 Å². The topological polar surface area (TPSA) is 59.2 Å². The van der Waals surface area contributed by atoms with E-state index in [1.807, 2.05) is 38.1 Å². The average Bonchev–Trinajstić information content (AvgIpc) is 2.41. The number of pyridine rings is 1. The van der Waals surface area contributed by atoms with E-state index >= 15 is 0 Å². The first-order valence-electron chi connectivity index (χ1n) is 6.51. The van der Waals surface area contributed by atoms with Crippen LogP contribution in [0.4, 0.5) is 5.69 Å². The summed E-state index contributed by atoms with van der Waals surface area (Å²) in [5.74, 6) is -0.0555. The molecule has 0 atom stereocenters. The van der Waals surface area contributed by atoms with Gasteiger partial charge in [0.05, 0.1) is 12.2 Å². The number of carbonyl (C=O) groups is 1. The fraction of sp³-hybridized carbons (Fsp3) is 0.250. The Hall–Kier alpha value is -2.36. The van der Waals surface area contributed by atoms with Gasteiger partial charge in [-0.15, -0.1) is 0 Å². The lowest BCUT2D eigenvalue weighted by Crippen LogP contribution is -2.26. The van der Waals surface area contributed by atoms with Crippen molar-refractivity contribution in [1.82, 2.24) is 9.88 Å². The van der Waals surface area contributed by atoms with Gasteiger partial charge < -0.3 is 10.6 Å². The Morgan fingerprint density at radius 3 is 2.65 bits per heavy atom. The summed E-state index contributed by atoms with van der Waals surface area (Å²) in [7, 11) is 1.77. The van der Waals surface area contributed by atoms with Gasteiger partial charge in [0, 0.05) is 24.0 Å². The molecular weight excluding hydrogens is 250 g/mol. The van der Waals surface area contributed by atoms with Gasteiger partial charge in [0.2, 0.25) is 0 Å². The molecule has 1 amide bonds. The molecule has 0 radical (unpaired) electrons. The number of benzene rings is 1. The number of nitrogen functional groups attached to an aromatic ring is 1. The Morgan fingerprint density at radius 1 is 1.25 bits per heavy atom. The molecule has 4 heteroatoms. The maximum atomic E-state index is 12.3. The summed E-state index contributed by atoms with van der Waals surface area (Å²) in [6.07, 6.45) is 0. The molecule has 104 valence electrons. The summed E-state index contributed by atoms with van der Waals surface area (Å²) in [6, 6.07) is 11.2. The SMILES string of the molecule is Cc1cccc(CN(C)C(=O)c2ccc(C)c(N)c2)n1. The molecule has 2 N–H and O–H groups in total. The molecule has 0 aliphatic heterocycles. The Balaban J connectivity index is 2.14. The highest BCUT2D eigenvalue weighted by Gasteiger charge is 2.13. The molecule has 0 aliphatic carbocycles. The van der Waals surface area contributed by atoms with Crippen LogP contribution >= 0.6 is 0 Å². The van der Waals surface area contributed by atoms with E-state index in [1.54, 1.807) is 24.1 Å². The molecule has 1 heterocycles. The number of rotatable bonds is 3. The minimum absolute atomic E-state index is 0.0555. The maximum absolute atomic E-state index is 12.3. The lowest BCUT2D eigenvalue weighted by atomic mass is 10.1. The predicted molar refractivity (Wildman–Crippen MR) is 80.4 cm³/mol. The molecule has 0 fully saturated rings. The van der Waals surface area contributed by atoms with E-state index in [9.17, 15) is 4.79 Å². The third kappa shape index (κ3) is 3.15. The van der Waals surface area contributed by atoms with Crippen LogP contribution < -0.4 is 5.73 Å². The van der Waals surface area contributed by atoms with Crippen molar-refractivity contribution >= 4 is 11.6 Å². The highest BCUT2D eigenvalue weighted by atomic mass is 16.2. The lowest BCUT2D eigenvalue weighted by molar-refractivity contribution is 0.0783. The van der Waals surface area contributed by atoms with Gasteiger partial charge in [0.15, 0.2) is 0 Å². The Labute approximate surface area is 119 Å². The van der Waals surface area contributed by atoms with Gasteiger partial charge in [-0.1, -0.05) is 12.1 Å². The van der Waals surface area contributed by atoms with Crippen molar-refractivity contribution in [1.29, 1.82) is 0 Å². The largest absolute Gasteiger partial charge is 0.398 e. The monoisotopic (exact) mass is 269 g/mol. The highest BCUT2D eigenvalue weighted by Crippen LogP contribution is 2.15. The number of hydrogen-bond acceptors (Lipinski definition) is 3. The van der Waals surface area contributed by atoms with E-state index in [2.05, 4.69) is 4.98 Å². The number of nitrogens with two attached hydrogens (primary N) is 1. The van der Waals surface area contributed by atoms with Crippen molar-refractivity contribution in [2.24, 2.45) is 0 Å². The molecular formula is C16H19N3O. The van der Waals surface area contributed by atoms with Crippen LogP contribution in [0.5, 0.6) is 0 Å². The Bertz CT molecular complexity index is 637. The molecule has 0 aliphatic rings. The van der Waals surface area contributed by atoms with E-state index in [1.165, 1.54) is 0 Å². The number of hydrogen-bond donors (Lipinski definition) is 1. The number of amides is 1.